The van der Waals surface area contributed by atoms with E-state index in [9.17, 15) is 9.59 Å². The number of hydrogen-bond donors (Lipinski definition) is 1. The minimum Gasteiger partial charge on any atom is -0.404 e. The number of thiocarbonyl (C=S) groups is 1. The molecule has 0 saturated carbocycles. The number of carbonyl (C=O) groups is 2. The number of nitrogens with zero attached hydrogens (tertiary/aromatic N) is 2. The largest absolute Gasteiger partial charge is 0.404 e. The van der Waals surface area contributed by atoms with Gasteiger partial charge < -0.3 is 5.73 Å². The van der Waals surface area contributed by atoms with Crippen molar-refractivity contribution in [3.05, 3.63) is 11.8 Å². The van der Waals surface area contributed by atoms with Gasteiger partial charge in [0, 0.05) is 19.3 Å². The lowest BCUT2D eigenvalue weighted by Crippen LogP contribution is -2.56. The minimum atomic E-state index is -0.417. The molecule has 0 aromatic heterocycles. The fraction of sp³-hybridized carbons (Fsp3) is 0.444. The van der Waals surface area contributed by atoms with Gasteiger partial charge in [0.05, 0.1) is 0 Å². The van der Waals surface area contributed by atoms with Crippen molar-refractivity contribution in [3.63, 3.8) is 0 Å². The van der Waals surface area contributed by atoms with Crippen LogP contribution in [0.25, 0.3) is 0 Å². The first-order chi connectivity index (χ1) is 7.08. The van der Waals surface area contributed by atoms with E-state index in [1.807, 2.05) is 0 Å². The number of likely N-dealkylation sites (N-methyl/N-ethyl adjacent to an activating group) is 2. The molecule has 1 rings (SSSR count). The molecule has 1 fully saturated rings. The van der Waals surface area contributed by atoms with Crippen LogP contribution in [0.2, 0.25) is 0 Å². The number of carbonyl (C=O) groups excluding carboxylic acids is 2. The highest BCUT2D eigenvalue weighted by molar-refractivity contribution is 7.80. The summed E-state index contributed by atoms with van der Waals surface area (Å²) >= 11 is 5.04. The average Bonchev–Trinajstić information content (AvgIpc) is 2.19. The second-order valence-corrected chi connectivity index (χ2v) is 3.33. The molecule has 6 heteroatoms. The first-order valence-corrected chi connectivity index (χ1v) is 5.08. The van der Waals surface area contributed by atoms with E-state index in [0.29, 0.717) is 13.1 Å². The van der Waals surface area contributed by atoms with Gasteiger partial charge >= 0.3 is 0 Å². The predicted octanol–water partition coefficient (Wildman–Crippen LogP) is -0.176. The van der Waals surface area contributed by atoms with E-state index in [1.54, 1.807) is 13.8 Å². The van der Waals surface area contributed by atoms with Gasteiger partial charge in [0.25, 0.3) is 11.8 Å². The van der Waals surface area contributed by atoms with Gasteiger partial charge in [0.15, 0.2) is 5.11 Å². The molecule has 82 valence electrons. The Morgan fingerprint density at radius 2 is 1.60 bits per heavy atom. The van der Waals surface area contributed by atoms with Gasteiger partial charge in [-0.05, 0) is 26.1 Å². The Morgan fingerprint density at radius 1 is 1.20 bits per heavy atom. The zero-order chi connectivity index (χ0) is 11.6. The van der Waals surface area contributed by atoms with Gasteiger partial charge in [0.2, 0.25) is 0 Å². The van der Waals surface area contributed by atoms with E-state index >= 15 is 0 Å². The van der Waals surface area contributed by atoms with Crippen molar-refractivity contribution >= 4 is 29.1 Å². The molecule has 0 unspecified atom stereocenters. The van der Waals surface area contributed by atoms with Crippen LogP contribution in [0.15, 0.2) is 11.8 Å². The molecule has 2 N–H and O–H groups in total. The summed E-state index contributed by atoms with van der Waals surface area (Å²) in [6, 6.07) is 0. The number of amides is 2. The fourth-order valence-corrected chi connectivity index (χ4v) is 1.83. The molecule has 1 aliphatic heterocycles. The monoisotopic (exact) mass is 227 g/mol. The molecule has 1 saturated heterocycles. The Bertz CT molecular complexity index is 323. The Morgan fingerprint density at radius 3 is 1.87 bits per heavy atom. The van der Waals surface area contributed by atoms with Crippen molar-refractivity contribution in [2.24, 2.45) is 5.73 Å². The summed E-state index contributed by atoms with van der Waals surface area (Å²) in [5.41, 5.74) is 5.24. The molecule has 0 aliphatic carbocycles. The zero-order valence-electron chi connectivity index (χ0n) is 8.69. The topological polar surface area (TPSA) is 66.6 Å². The number of nitrogens with two attached hydrogens (primary N) is 1. The first-order valence-electron chi connectivity index (χ1n) is 4.68. The summed E-state index contributed by atoms with van der Waals surface area (Å²) in [6.45, 7) is 4.45. The molecule has 0 atom stereocenters. The van der Waals surface area contributed by atoms with Crippen molar-refractivity contribution in [2.45, 2.75) is 13.8 Å². The lowest BCUT2D eigenvalue weighted by Gasteiger charge is -2.35. The summed E-state index contributed by atoms with van der Waals surface area (Å²) in [7, 11) is 0. The van der Waals surface area contributed by atoms with Crippen LogP contribution >= 0.6 is 12.2 Å². The van der Waals surface area contributed by atoms with Crippen LogP contribution in [0.5, 0.6) is 0 Å². The molecule has 0 bridgehead atoms. The van der Waals surface area contributed by atoms with Crippen molar-refractivity contribution in [1.29, 1.82) is 0 Å². The smallest absolute Gasteiger partial charge is 0.267 e. The molecule has 1 heterocycles. The Balaban J connectivity index is 3.15. The van der Waals surface area contributed by atoms with E-state index in [0.717, 1.165) is 6.20 Å². The van der Waals surface area contributed by atoms with E-state index in [4.69, 9.17) is 18.0 Å². The number of hydrogen-bond acceptors (Lipinski definition) is 4. The molecule has 2 amide bonds. The van der Waals surface area contributed by atoms with Crippen molar-refractivity contribution in [1.82, 2.24) is 9.80 Å². The molecule has 0 spiro atoms. The molecular weight excluding hydrogens is 214 g/mol. The van der Waals surface area contributed by atoms with Crippen molar-refractivity contribution in [2.75, 3.05) is 13.1 Å². The average molecular weight is 227 g/mol. The van der Waals surface area contributed by atoms with Gasteiger partial charge in [0.1, 0.15) is 5.57 Å². The molecule has 0 radical (unpaired) electrons. The highest BCUT2D eigenvalue weighted by Crippen LogP contribution is 2.16. The molecule has 0 aromatic carbocycles. The molecule has 5 nitrogen and oxygen atoms in total. The van der Waals surface area contributed by atoms with Crippen molar-refractivity contribution < 1.29 is 9.59 Å². The van der Waals surface area contributed by atoms with Crippen LogP contribution in [0.3, 0.4) is 0 Å². The van der Waals surface area contributed by atoms with Crippen LogP contribution in [0.4, 0.5) is 0 Å². The van der Waals surface area contributed by atoms with Crippen LogP contribution in [0.1, 0.15) is 13.8 Å². The maximum Gasteiger partial charge on any atom is 0.267 e. The van der Waals surface area contributed by atoms with Crippen molar-refractivity contribution in [3.8, 4) is 0 Å². The SMILES string of the molecule is CCN1C(=O)C(=CN)C(=O)N(CC)C1=S. The number of rotatable bonds is 2. The molecule has 1 aliphatic rings. The van der Waals surface area contributed by atoms with Gasteiger partial charge in [-0.2, -0.15) is 0 Å². The third-order valence-electron chi connectivity index (χ3n) is 2.21. The van der Waals surface area contributed by atoms with E-state index in [1.165, 1.54) is 9.80 Å². The normalized spacial score (nSPS) is 17.5. The van der Waals surface area contributed by atoms with Gasteiger partial charge in [-0.15, -0.1) is 0 Å². The van der Waals surface area contributed by atoms with Gasteiger partial charge in [-0.3, -0.25) is 19.4 Å². The second kappa shape index (κ2) is 4.39. The fourth-order valence-electron chi connectivity index (χ4n) is 1.40. The molecular formula is C9H13N3O2S. The van der Waals surface area contributed by atoms with Crippen LogP contribution < -0.4 is 5.73 Å². The third kappa shape index (κ3) is 1.72. The molecule has 0 aromatic rings. The quantitative estimate of drug-likeness (QED) is 0.404. The third-order valence-corrected chi connectivity index (χ3v) is 2.65. The van der Waals surface area contributed by atoms with Crippen LogP contribution in [0, 0.1) is 0 Å². The lowest BCUT2D eigenvalue weighted by atomic mass is 10.1. The highest BCUT2D eigenvalue weighted by Gasteiger charge is 2.37. The molecule has 15 heavy (non-hydrogen) atoms. The van der Waals surface area contributed by atoms with E-state index in [-0.39, 0.29) is 10.7 Å². The summed E-state index contributed by atoms with van der Waals surface area (Å²) in [5, 5.41) is 0.251. The lowest BCUT2D eigenvalue weighted by molar-refractivity contribution is -0.133. The van der Waals surface area contributed by atoms with Gasteiger partial charge in [-0.1, -0.05) is 0 Å². The summed E-state index contributed by atoms with van der Waals surface area (Å²) in [6.07, 6.45) is 1.04. The second-order valence-electron chi connectivity index (χ2n) is 2.96. The van der Waals surface area contributed by atoms with Crippen LogP contribution in [-0.2, 0) is 9.59 Å². The minimum absolute atomic E-state index is 0.0210. The Labute approximate surface area is 93.5 Å². The van der Waals surface area contributed by atoms with E-state index < -0.39 is 11.8 Å². The highest BCUT2D eigenvalue weighted by atomic mass is 32.1. The Kier molecular flexibility index (Phi) is 3.41. The van der Waals surface area contributed by atoms with E-state index in [2.05, 4.69) is 0 Å². The first kappa shape index (κ1) is 11.6. The summed E-state index contributed by atoms with van der Waals surface area (Å²) in [5.74, 6) is -0.834. The van der Waals surface area contributed by atoms with Crippen LogP contribution in [-0.4, -0.2) is 39.8 Å². The summed E-state index contributed by atoms with van der Waals surface area (Å²) in [4.78, 5) is 26.1. The predicted molar refractivity (Wildman–Crippen MR) is 59.6 cm³/mol. The zero-order valence-corrected chi connectivity index (χ0v) is 9.50. The maximum atomic E-state index is 11.7. The Hall–Kier alpha value is -1.43. The summed E-state index contributed by atoms with van der Waals surface area (Å²) < 4.78 is 0. The standard InChI is InChI=1S/C9H13N3O2S/c1-3-11-7(13)6(5-10)8(14)12(4-2)9(11)15/h5H,3-4,10H2,1-2H3. The maximum absolute atomic E-state index is 11.7. The van der Waals surface area contributed by atoms with Gasteiger partial charge in [-0.25, -0.2) is 0 Å².